The smallest absolute Gasteiger partial charge is 0.313 e. The van der Waals surface area contributed by atoms with Gasteiger partial charge in [-0.15, -0.1) is 0 Å². The Morgan fingerprint density at radius 2 is 2.00 bits per heavy atom. The van der Waals surface area contributed by atoms with E-state index < -0.39 is 17.4 Å². The van der Waals surface area contributed by atoms with Crippen LogP contribution in [0.1, 0.15) is 31.0 Å². The van der Waals surface area contributed by atoms with Gasteiger partial charge in [-0.1, -0.05) is 6.07 Å². The Bertz CT molecular complexity index is 470. The highest BCUT2D eigenvalue weighted by Crippen LogP contribution is 2.40. The number of hydrogen-bond donors (Lipinski definition) is 3. The van der Waals surface area contributed by atoms with Crippen LogP contribution in [-0.4, -0.2) is 18.2 Å². The van der Waals surface area contributed by atoms with Gasteiger partial charge in [-0.3, -0.25) is 4.79 Å². The van der Waals surface area contributed by atoms with Crippen molar-refractivity contribution in [2.45, 2.75) is 26.8 Å². The zero-order chi connectivity index (χ0) is 14.1. The third-order valence-electron chi connectivity index (χ3n) is 3.27. The van der Waals surface area contributed by atoms with E-state index in [1.54, 1.807) is 26.0 Å². The number of benzene rings is 1. The van der Waals surface area contributed by atoms with E-state index in [9.17, 15) is 9.90 Å². The monoisotopic (exact) mass is 252 g/mol. The molecule has 0 amide bonds. The average molecular weight is 252 g/mol. The minimum atomic E-state index is -0.954. The second-order valence-corrected chi connectivity index (χ2v) is 4.92. The summed E-state index contributed by atoms with van der Waals surface area (Å²) in [5, 5.41) is 10.0. The number of carbonyl (C=O) groups is 1. The van der Waals surface area contributed by atoms with Gasteiger partial charge in [-0.25, -0.2) is 0 Å². The van der Waals surface area contributed by atoms with Crippen LogP contribution in [-0.2, 0) is 9.53 Å². The first-order valence-corrected chi connectivity index (χ1v) is 5.65. The molecule has 18 heavy (non-hydrogen) atoms. The zero-order valence-electron chi connectivity index (χ0n) is 11.2. The minimum absolute atomic E-state index is 0.0699. The van der Waals surface area contributed by atoms with Gasteiger partial charge in [0.2, 0.25) is 0 Å². The lowest BCUT2D eigenvalue weighted by atomic mass is 9.79. The van der Waals surface area contributed by atoms with Crippen LogP contribution >= 0.6 is 0 Å². The fraction of sp³-hybridized carbons (Fsp3) is 0.462. The first-order valence-electron chi connectivity index (χ1n) is 5.65. The lowest BCUT2D eigenvalue weighted by Crippen LogP contribution is -2.37. The maximum Gasteiger partial charge on any atom is 0.313 e. The fourth-order valence-corrected chi connectivity index (χ4v) is 1.87. The number of aromatic hydroxyl groups is 1. The number of phenols is 1. The summed E-state index contributed by atoms with van der Waals surface area (Å²) in [6.45, 7) is 5.15. The second-order valence-electron chi connectivity index (χ2n) is 4.92. The van der Waals surface area contributed by atoms with Crippen LogP contribution in [0.25, 0.3) is 0 Å². The molecule has 5 N–H and O–H groups in total. The van der Waals surface area contributed by atoms with Crippen LogP contribution in [0.15, 0.2) is 12.1 Å². The molecule has 5 heteroatoms. The van der Waals surface area contributed by atoms with Crippen molar-refractivity contribution >= 4 is 11.7 Å². The Labute approximate surface area is 107 Å². The van der Waals surface area contributed by atoms with Crippen LogP contribution in [0.5, 0.6) is 5.75 Å². The van der Waals surface area contributed by atoms with Crippen LogP contribution in [0.2, 0.25) is 0 Å². The van der Waals surface area contributed by atoms with Crippen molar-refractivity contribution in [1.29, 1.82) is 0 Å². The highest BCUT2D eigenvalue weighted by Gasteiger charge is 2.38. The van der Waals surface area contributed by atoms with E-state index in [1.807, 2.05) is 6.92 Å². The van der Waals surface area contributed by atoms with Gasteiger partial charge in [-0.05, 0) is 32.4 Å². The number of phenolic OH excluding ortho intramolecular Hbond substituents is 1. The average Bonchev–Trinajstić information content (AvgIpc) is 2.33. The maximum atomic E-state index is 11.7. The molecular weight excluding hydrogens is 232 g/mol. The molecule has 1 aromatic carbocycles. The van der Waals surface area contributed by atoms with E-state index in [2.05, 4.69) is 0 Å². The third-order valence-corrected chi connectivity index (χ3v) is 3.27. The molecule has 0 saturated carbocycles. The molecule has 0 aliphatic carbocycles. The van der Waals surface area contributed by atoms with Gasteiger partial charge in [0.15, 0.2) is 0 Å². The van der Waals surface area contributed by atoms with Crippen molar-refractivity contribution in [3.63, 3.8) is 0 Å². The molecule has 5 nitrogen and oxygen atoms in total. The molecule has 1 aromatic rings. The quantitative estimate of drug-likeness (QED) is 0.430. The minimum Gasteiger partial charge on any atom is -0.505 e. The molecular formula is C13H20N2O3. The molecule has 0 unspecified atom stereocenters. The summed E-state index contributed by atoms with van der Waals surface area (Å²) in [6.07, 6.45) is 0. The molecule has 0 saturated heterocycles. The Morgan fingerprint density at radius 1 is 1.44 bits per heavy atom. The molecule has 0 aliphatic heterocycles. The lowest BCUT2D eigenvalue weighted by Gasteiger charge is -2.30. The van der Waals surface area contributed by atoms with E-state index >= 15 is 0 Å². The van der Waals surface area contributed by atoms with Crippen molar-refractivity contribution in [2.75, 3.05) is 12.8 Å². The first-order chi connectivity index (χ1) is 8.23. The van der Waals surface area contributed by atoms with Gasteiger partial charge >= 0.3 is 5.97 Å². The van der Waals surface area contributed by atoms with Gasteiger partial charge in [0, 0.05) is 11.6 Å². The first kappa shape index (κ1) is 14.3. The number of carbonyl (C=O) groups excluding carboxylic acids is 1. The van der Waals surface area contributed by atoms with Crippen molar-refractivity contribution in [3.05, 3.63) is 23.3 Å². The molecule has 0 fully saturated rings. The molecule has 0 radical (unpaired) electrons. The topological polar surface area (TPSA) is 98.6 Å². The number of anilines is 1. The Kier molecular flexibility index (Phi) is 3.86. The summed E-state index contributed by atoms with van der Waals surface area (Å²) < 4.78 is 4.74. The van der Waals surface area contributed by atoms with E-state index in [1.165, 1.54) is 7.11 Å². The fourth-order valence-electron chi connectivity index (χ4n) is 1.87. The van der Waals surface area contributed by atoms with Crippen LogP contribution in [0.4, 0.5) is 5.69 Å². The van der Waals surface area contributed by atoms with Gasteiger partial charge in [0.25, 0.3) is 0 Å². The highest BCUT2D eigenvalue weighted by atomic mass is 16.5. The van der Waals surface area contributed by atoms with E-state index in [-0.39, 0.29) is 11.4 Å². The number of methoxy groups -OCH3 is 1. The largest absolute Gasteiger partial charge is 0.505 e. The predicted octanol–water partition coefficient (Wildman–Crippen LogP) is 1.48. The number of hydrogen-bond acceptors (Lipinski definition) is 5. The standard InChI is InChI=1S/C13H20N2O3/c1-7-5-6-8(14)10(16)9(7)11(15)13(2,3)12(17)18-4/h5-6,11,16H,14-15H2,1-4H3/t11-/m1/s1. The van der Waals surface area contributed by atoms with Crippen LogP contribution in [0.3, 0.4) is 0 Å². The summed E-state index contributed by atoms with van der Waals surface area (Å²) in [7, 11) is 1.31. The summed E-state index contributed by atoms with van der Waals surface area (Å²) in [4.78, 5) is 11.7. The highest BCUT2D eigenvalue weighted by molar-refractivity contribution is 5.77. The molecule has 1 atom stereocenters. The lowest BCUT2D eigenvalue weighted by molar-refractivity contribution is -0.152. The summed E-state index contributed by atoms with van der Waals surface area (Å²) in [5.74, 6) is -0.504. The van der Waals surface area contributed by atoms with Gasteiger partial charge in [0.05, 0.1) is 18.2 Å². The number of rotatable bonds is 3. The molecule has 0 aromatic heterocycles. The van der Waals surface area contributed by atoms with Crippen molar-refractivity contribution in [1.82, 2.24) is 0 Å². The summed E-state index contributed by atoms with van der Waals surface area (Å²) in [6, 6.07) is 2.66. The molecule has 0 heterocycles. The van der Waals surface area contributed by atoms with E-state index in [4.69, 9.17) is 16.2 Å². The molecule has 0 spiro atoms. The Hall–Kier alpha value is -1.75. The Morgan fingerprint density at radius 3 is 2.50 bits per heavy atom. The van der Waals surface area contributed by atoms with Crippen LogP contribution < -0.4 is 11.5 Å². The third kappa shape index (κ3) is 2.26. The van der Waals surface area contributed by atoms with Crippen molar-refractivity contribution < 1.29 is 14.6 Å². The number of nitrogens with two attached hydrogens (primary N) is 2. The van der Waals surface area contributed by atoms with Crippen molar-refractivity contribution in [3.8, 4) is 5.75 Å². The van der Waals surface area contributed by atoms with Crippen molar-refractivity contribution in [2.24, 2.45) is 11.1 Å². The number of nitrogen functional groups attached to an aromatic ring is 1. The van der Waals surface area contributed by atoms with E-state index in [0.717, 1.165) is 5.56 Å². The zero-order valence-corrected chi connectivity index (χ0v) is 11.2. The van der Waals surface area contributed by atoms with Gasteiger partial charge in [-0.2, -0.15) is 0 Å². The summed E-state index contributed by atoms with van der Waals surface area (Å²) >= 11 is 0. The molecule has 1 rings (SSSR count). The van der Waals surface area contributed by atoms with Gasteiger partial charge < -0.3 is 21.3 Å². The number of ether oxygens (including phenoxy) is 1. The van der Waals surface area contributed by atoms with E-state index in [0.29, 0.717) is 5.56 Å². The van der Waals surface area contributed by atoms with Crippen LogP contribution in [0, 0.1) is 12.3 Å². The summed E-state index contributed by atoms with van der Waals surface area (Å²) in [5.41, 5.74) is 12.3. The molecule has 100 valence electrons. The normalized spacial score (nSPS) is 13.2. The second kappa shape index (κ2) is 4.86. The number of aryl methyl sites for hydroxylation is 1. The maximum absolute atomic E-state index is 11.7. The Balaban J connectivity index is 3.31. The van der Waals surface area contributed by atoms with Gasteiger partial charge in [0.1, 0.15) is 5.75 Å². The molecule has 0 aliphatic rings. The predicted molar refractivity (Wildman–Crippen MR) is 70.0 cm³/mol. The SMILES string of the molecule is COC(=O)C(C)(C)[C@H](N)c1c(C)ccc(N)c1O. The molecule has 0 bridgehead atoms. The number of esters is 1.